The molecule has 4 atom stereocenters. The van der Waals surface area contributed by atoms with Crippen LogP contribution in [0.5, 0.6) is 5.88 Å². The van der Waals surface area contributed by atoms with Crippen LogP contribution in [0.2, 0.25) is 0 Å². The van der Waals surface area contributed by atoms with E-state index in [1.807, 2.05) is 6.08 Å². The van der Waals surface area contributed by atoms with Crippen molar-refractivity contribution in [1.29, 1.82) is 0 Å². The Labute approximate surface area is 155 Å². The molecule has 27 heavy (non-hydrogen) atoms. The molecule has 0 radical (unpaired) electrons. The predicted octanol–water partition coefficient (Wildman–Crippen LogP) is 1.09. The normalized spacial score (nSPS) is 28.1. The molecule has 0 aromatic carbocycles. The molecular weight excluding hydrogens is 352 g/mol. The van der Waals surface area contributed by atoms with Crippen molar-refractivity contribution in [3.8, 4) is 5.88 Å². The highest BCUT2D eigenvalue weighted by molar-refractivity contribution is 5.76. The van der Waals surface area contributed by atoms with Gasteiger partial charge >= 0.3 is 0 Å². The minimum Gasteiger partial charge on any atom is -0.501 e. The number of aliphatic hydroxyl groups excluding tert-OH is 2. The average Bonchev–Trinajstić information content (AvgIpc) is 3.23. The van der Waals surface area contributed by atoms with Crippen LogP contribution >= 0.6 is 0 Å². The smallest absolute Gasteiger partial charge is 0.245 e. The van der Waals surface area contributed by atoms with Crippen molar-refractivity contribution in [3.05, 3.63) is 36.1 Å². The van der Waals surface area contributed by atoms with Gasteiger partial charge in [-0.2, -0.15) is 4.98 Å². The third kappa shape index (κ3) is 3.18. The molecule has 0 saturated carbocycles. The highest BCUT2D eigenvalue weighted by atomic mass is 16.6. The molecule has 9 heteroatoms. The predicted molar refractivity (Wildman–Crippen MR) is 94.8 cm³/mol. The molecular formula is C18H22N4O5. The third-order valence-electron chi connectivity index (χ3n) is 4.90. The topological polar surface area (TPSA) is 112 Å². The first kappa shape index (κ1) is 17.9. The first-order chi connectivity index (χ1) is 13.1. The van der Waals surface area contributed by atoms with Gasteiger partial charge in [-0.1, -0.05) is 12.2 Å². The number of hydrogen-bond acceptors (Lipinski definition) is 8. The zero-order valence-corrected chi connectivity index (χ0v) is 15.1. The third-order valence-corrected chi connectivity index (χ3v) is 4.90. The van der Waals surface area contributed by atoms with Gasteiger partial charge in [-0.15, -0.1) is 0 Å². The molecule has 3 heterocycles. The summed E-state index contributed by atoms with van der Waals surface area (Å²) in [5, 5.41) is 20.2. The van der Waals surface area contributed by atoms with Crippen molar-refractivity contribution >= 4 is 11.2 Å². The fourth-order valence-corrected chi connectivity index (χ4v) is 3.38. The monoisotopic (exact) mass is 374 g/mol. The van der Waals surface area contributed by atoms with E-state index in [1.54, 1.807) is 18.6 Å². The molecule has 4 rings (SSSR count). The van der Waals surface area contributed by atoms with Gasteiger partial charge in [0.1, 0.15) is 30.9 Å². The molecule has 144 valence electrons. The minimum atomic E-state index is -1.07. The van der Waals surface area contributed by atoms with Gasteiger partial charge in [0.25, 0.3) is 0 Å². The van der Waals surface area contributed by atoms with Crippen molar-refractivity contribution in [2.24, 2.45) is 0 Å². The number of ether oxygens (including phenoxy) is 3. The zero-order valence-electron chi connectivity index (χ0n) is 15.1. The summed E-state index contributed by atoms with van der Waals surface area (Å²) >= 11 is 0. The first-order valence-corrected chi connectivity index (χ1v) is 8.84. The van der Waals surface area contributed by atoms with Crippen LogP contribution in [0.15, 0.2) is 36.1 Å². The summed E-state index contributed by atoms with van der Waals surface area (Å²) in [5.74, 6) is 1.24. The summed E-state index contributed by atoms with van der Waals surface area (Å²) in [6, 6.07) is 0. The quantitative estimate of drug-likeness (QED) is 0.800. The van der Waals surface area contributed by atoms with Crippen molar-refractivity contribution in [2.75, 3.05) is 13.7 Å². The Hall–Kier alpha value is -2.49. The van der Waals surface area contributed by atoms with Crippen molar-refractivity contribution in [3.63, 3.8) is 0 Å². The molecule has 2 aliphatic rings. The molecule has 1 aliphatic carbocycles. The van der Waals surface area contributed by atoms with Crippen LogP contribution in [0, 0.1) is 0 Å². The number of aliphatic hydroxyl groups is 2. The van der Waals surface area contributed by atoms with Crippen molar-refractivity contribution < 1.29 is 24.4 Å². The van der Waals surface area contributed by atoms with E-state index >= 15 is 0 Å². The molecule has 1 aliphatic heterocycles. The van der Waals surface area contributed by atoms with Gasteiger partial charge in [-0.25, -0.2) is 9.97 Å². The van der Waals surface area contributed by atoms with Crippen LogP contribution in [-0.2, 0) is 9.47 Å². The number of allylic oxidation sites excluding steroid dienone is 2. The maximum absolute atomic E-state index is 10.2. The average molecular weight is 374 g/mol. The Bertz CT molecular complexity index is 893. The number of hydrogen-bond donors (Lipinski definition) is 2. The van der Waals surface area contributed by atoms with Crippen LogP contribution in [0.4, 0.5) is 0 Å². The number of imidazole rings is 1. The van der Waals surface area contributed by atoms with E-state index in [-0.39, 0.29) is 0 Å². The van der Waals surface area contributed by atoms with E-state index in [2.05, 4.69) is 21.0 Å². The van der Waals surface area contributed by atoms with Gasteiger partial charge in [-0.05, 0) is 13.3 Å². The molecule has 0 spiro atoms. The van der Waals surface area contributed by atoms with E-state index in [4.69, 9.17) is 14.2 Å². The molecule has 1 fully saturated rings. The van der Waals surface area contributed by atoms with Gasteiger partial charge in [-0.3, -0.25) is 4.57 Å². The second-order valence-electron chi connectivity index (χ2n) is 6.60. The number of rotatable bonds is 5. The molecule has 1 saturated heterocycles. The van der Waals surface area contributed by atoms with Crippen molar-refractivity contribution in [1.82, 2.24) is 19.5 Å². The Morgan fingerprint density at radius 2 is 2.11 bits per heavy atom. The van der Waals surface area contributed by atoms with Gasteiger partial charge in [0, 0.05) is 12.0 Å². The first-order valence-electron chi connectivity index (χ1n) is 8.84. The second kappa shape index (κ2) is 7.26. The van der Waals surface area contributed by atoms with E-state index in [0.29, 0.717) is 23.7 Å². The SMILES string of the molecule is COC1=C(COc2ncnc3c2ncn3[C@@H]2O[C@H](C)[C@@H](O)[C@H]2O)C=CCC1. The lowest BCUT2D eigenvalue weighted by molar-refractivity contribution is -0.0299. The van der Waals surface area contributed by atoms with E-state index in [9.17, 15) is 10.2 Å². The Morgan fingerprint density at radius 3 is 2.85 bits per heavy atom. The fraction of sp³-hybridized carbons (Fsp3) is 0.500. The summed E-state index contributed by atoms with van der Waals surface area (Å²) in [7, 11) is 1.65. The molecule has 2 aromatic heterocycles. The van der Waals surface area contributed by atoms with Crippen LogP contribution in [-0.4, -0.2) is 61.8 Å². The zero-order chi connectivity index (χ0) is 19.0. The summed E-state index contributed by atoms with van der Waals surface area (Å²) in [5.41, 5.74) is 1.88. The lowest BCUT2D eigenvalue weighted by Crippen LogP contribution is -2.30. The largest absolute Gasteiger partial charge is 0.501 e. The summed E-state index contributed by atoms with van der Waals surface area (Å²) in [4.78, 5) is 12.7. The Balaban J connectivity index is 1.60. The van der Waals surface area contributed by atoms with E-state index in [0.717, 1.165) is 24.2 Å². The second-order valence-corrected chi connectivity index (χ2v) is 6.60. The number of aromatic nitrogens is 4. The fourth-order valence-electron chi connectivity index (χ4n) is 3.38. The molecule has 2 N–H and O–H groups in total. The number of nitrogens with zero attached hydrogens (tertiary/aromatic N) is 4. The summed E-state index contributed by atoms with van der Waals surface area (Å²) in [6.07, 6.45) is 5.44. The van der Waals surface area contributed by atoms with Gasteiger partial charge < -0.3 is 24.4 Å². The summed E-state index contributed by atoms with van der Waals surface area (Å²) in [6.45, 7) is 2.01. The maximum atomic E-state index is 10.2. The molecule has 0 unspecified atom stereocenters. The van der Waals surface area contributed by atoms with Crippen LogP contribution in [0.25, 0.3) is 11.2 Å². The standard InChI is InChI=1S/C18H22N4O5/c1-10-14(23)15(24)18(27-10)22-9-21-13-16(22)19-8-20-17(13)26-7-11-5-3-4-6-12(11)25-2/h3,5,8-10,14-15,18,23-24H,4,6-7H2,1-2H3/t10-,14-,15-,18-/m1/s1. The maximum Gasteiger partial charge on any atom is 0.245 e. The van der Waals surface area contributed by atoms with Crippen LogP contribution in [0.1, 0.15) is 26.0 Å². The lowest BCUT2D eigenvalue weighted by atomic mass is 10.1. The molecule has 0 amide bonds. The molecule has 9 nitrogen and oxygen atoms in total. The van der Waals surface area contributed by atoms with Crippen LogP contribution < -0.4 is 4.74 Å². The number of methoxy groups -OCH3 is 1. The minimum absolute atomic E-state index is 0.303. The Morgan fingerprint density at radius 1 is 1.26 bits per heavy atom. The lowest BCUT2D eigenvalue weighted by Gasteiger charge is -2.17. The van der Waals surface area contributed by atoms with E-state index < -0.39 is 24.5 Å². The molecule has 2 aromatic rings. The van der Waals surface area contributed by atoms with E-state index in [1.165, 1.54) is 12.7 Å². The van der Waals surface area contributed by atoms with Crippen LogP contribution in [0.3, 0.4) is 0 Å². The highest BCUT2D eigenvalue weighted by Gasteiger charge is 2.42. The van der Waals surface area contributed by atoms with Gasteiger partial charge in [0.05, 0.1) is 19.5 Å². The van der Waals surface area contributed by atoms with Crippen molar-refractivity contribution in [2.45, 2.75) is 44.3 Å². The highest BCUT2D eigenvalue weighted by Crippen LogP contribution is 2.32. The van der Waals surface area contributed by atoms with Gasteiger partial charge in [0.15, 0.2) is 17.4 Å². The summed E-state index contributed by atoms with van der Waals surface area (Å²) < 4.78 is 18.5. The number of fused-ring (bicyclic) bond motifs is 1. The Kier molecular flexibility index (Phi) is 4.81. The van der Waals surface area contributed by atoms with Gasteiger partial charge in [0.2, 0.25) is 5.88 Å². The molecule has 0 bridgehead atoms.